The molecule has 192 valence electrons. The van der Waals surface area contributed by atoms with Crippen LogP contribution in [0.5, 0.6) is 0 Å². The fourth-order valence-electron chi connectivity index (χ4n) is 3.79. The van der Waals surface area contributed by atoms with Gasteiger partial charge in [0.2, 0.25) is 5.91 Å². The Bertz CT molecular complexity index is 1010. The number of nitrogens with one attached hydrogen (secondary N) is 2. The Balaban J connectivity index is 2.37. The van der Waals surface area contributed by atoms with Crippen molar-refractivity contribution in [3.63, 3.8) is 0 Å². The first-order valence-electron chi connectivity index (χ1n) is 11.0. The SMILES string of the molecule is CCC(CC)O[C@@H]1C=C(C(=O)O)C[C@H](N=C(N)NC(=O)c2ccccc2C(F)(F)F)[C@H]1NC(C)=O. The van der Waals surface area contributed by atoms with E-state index in [1.165, 1.54) is 19.1 Å². The van der Waals surface area contributed by atoms with E-state index in [-0.39, 0.29) is 18.1 Å². The van der Waals surface area contributed by atoms with Gasteiger partial charge >= 0.3 is 12.1 Å². The zero-order valence-corrected chi connectivity index (χ0v) is 19.6. The molecule has 0 heterocycles. The van der Waals surface area contributed by atoms with Gasteiger partial charge < -0.3 is 20.9 Å². The zero-order chi connectivity index (χ0) is 26.3. The molecule has 1 aliphatic rings. The number of hydrogen-bond acceptors (Lipinski definition) is 5. The maximum Gasteiger partial charge on any atom is 0.417 e. The highest BCUT2D eigenvalue weighted by molar-refractivity contribution is 6.06. The van der Waals surface area contributed by atoms with Gasteiger partial charge in [0, 0.05) is 18.9 Å². The Kier molecular flexibility index (Phi) is 9.40. The monoisotopic (exact) mass is 498 g/mol. The number of amides is 2. The lowest BCUT2D eigenvalue weighted by molar-refractivity contribution is -0.138. The summed E-state index contributed by atoms with van der Waals surface area (Å²) >= 11 is 0. The molecule has 1 aromatic rings. The van der Waals surface area contributed by atoms with Crippen molar-refractivity contribution in [3.05, 3.63) is 47.0 Å². The first-order valence-corrected chi connectivity index (χ1v) is 11.0. The van der Waals surface area contributed by atoms with Gasteiger partial charge in [-0.05, 0) is 31.1 Å². The fraction of sp³-hybridized carbons (Fsp3) is 0.478. The largest absolute Gasteiger partial charge is 0.478 e. The van der Waals surface area contributed by atoms with Crippen molar-refractivity contribution in [2.45, 2.75) is 70.5 Å². The van der Waals surface area contributed by atoms with Crippen molar-refractivity contribution in [1.82, 2.24) is 10.6 Å². The van der Waals surface area contributed by atoms with E-state index in [1.54, 1.807) is 0 Å². The number of aliphatic carboxylic acids is 1. The van der Waals surface area contributed by atoms with E-state index in [4.69, 9.17) is 10.5 Å². The summed E-state index contributed by atoms with van der Waals surface area (Å²) in [6, 6.07) is 2.39. The van der Waals surface area contributed by atoms with E-state index >= 15 is 0 Å². The molecule has 2 amide bonds. The summed E-state index contributed by atoms with van der Waals surface area (Å²) in [6.45, 7) is 5.06. The van der Waals surface area contributed by atoms with E-state index in [1.807, 2.05) is 13.8 Å². The predicted octanol–water partition coefficient (Wildman–Crippen LogP) is 2.61. The standard InChI is InChI=1S/C23H29F3N4O5/c1-4-14(5-2)35-18-11-13(21(33)34)10-17(19(18)28-12(3)31)29-22(27)30-20(32)15-8-6-7-9-16(15)23(24,25)26/h6-9,11,14,17-19H,4-5,10H2,1-3H3,(H,28,31)(H,33,34)(H3,27,29,30,32)/t17-,18+,19+/m0/s1. The maximum absolute atomic E-state index is 13.3. The average Bonchev–Trinajstić information content (AvgIpc) is 2.77. The lowest BCUT2D eigenvalue weighted by atomic mass is 9.88. The summed E-state index contributed by atoms with van der Waals surface area (Å²) in [7, 11) is 0. The van der Waals surface area contributed by atoms with Crippen LogP contribution < -0.4 is 16.4 Å². The number of benzene rings is 1. The first-order chi connectivity index (χ1) is 16.4. The van der Waals surface area contributed by atoms with Gasteiger partial charge in [0.15, 0.2) is 5.96 Å². The van der Waals surface area contributed by atoms with Crippen LogP contribution in [-0.4, -0.2) is 53.1 Å². The number of aliphatic imine (C=N–C) groups is 1. The number of carboxylic acid groups (broad SMARTS) is 1. The van der Waals surface area contributed by atoms with Crippen LogP contribution in [0.1, 0.15) is 56.0 Å². The van der Waals surface area contributed by atoms with Gasteiger partial charge in [0.05, 0.1) is 35.4 Å². The number of nitrogens with zero attached hydrogens (tertiary/aromatic N) is 1. The van der Waals surface area contributed by atoms with Gasteiger partial charge in [-0.25, -0.2) is 9.79 Å². The number of alkyl halides is 3. The normalized spacial score (nSPS) is 20.8. The van der Waals surface area contributed by atoms with Crippen LogP contribution in [0.25, 0.3) is 0 Å². The highest BCUT2D eigenvalue weighted by Crippen LogP contribution is 2.32. The summed E-state index contributed by atoms with van der Waals surface area (Å²) in [5.74, 6) is -3.31. The van der Waals surface area contributed by atoms with Gasteiger partial charge in [-0.3, -0.25) is 14.9 Å². The number of ether oxygens (including phenoxy) is 1. The van der Waals surface area contributed by atoms with Crippen LogP contribution in [0.2, 0.25) is 0 Å². The smallest absolute Gasteiger partial charge is 0.417 e. The van der Waals surface area contributed by atoms with E-state index in [2.05, 4.69) is 15.6 Å². The summed E-state index contributed by atoms with van der Waals surface area (Å²) in [4.78, 5) is 40.2. The molecule has 0 saturated heterocycles. The topological polar surface area (TPSA) is 143 Å². The molecule has 12 heteroatoms. The number of guanidine groups is 1. The summed E-state index contributed by atoms with van der Waals surface area (Å²) in [6.07, 6.45) is -3.31. The molecule has 35 heavy (non-hydrogen) atoms. The molecule has 0 fully saturated rings. The number of halogens is 3. The first kappa shape index (κ1) is 27.8. The van der Waals surface area contributed by atoms with Gasteiger partial charge in [-0.15, -0.1) is 0 Å². The van der Waals surface area contributed by atoms with Crippen LogP contribution in [-0.2, 0) is 20.5 Å². The van der Waals surface area contributed by atoms with E-state index in [0.29, 0.717) is 12.8 Å². The Hall–Kier alpha value is -3.41. The molecule has 0 aromatic heterocycles. The zero-order valence-electron chi connectivity index (χ0n) is 19.6. The molecular formula is C23H29F3N4O5. The molecule has 0 saturated carbocycles. The molecule has 9 nitrogen and oxygen atoms in total. The molecule has 2 rings (SSSR count). The van der Waals surface area contributed by atoms with Crippen molar-refractivity contribution in [2.75, 3.05) is 0 Å². The highest BCUT2D eigenvalue weighted by atomic mass is 19.4. The lowest BCUT2D eigenvalue weighted by Crippen LogP contribution is -2.54. The van der Waals surface area contributed by atoms with Gasteiger partial charge in [0.25, 0.3) is 5.91 Å². The van der Waals surface area contributed by atoms with Crippen LogP contribution >= 0.6 is 0 Å². The van der Waals surface area contributed by atoms with Crippen molar-refractivity contribution in [2.24, 2.45) is 10.7 Å². The number of rotatable bonds is 8. The van der Waals surface area contributed by atoms with Crippen LogP contribution in [0.3, 0.4) is 0 Å². The highest BCUT2D eigenvalue weighted by Gasteiger charge is 2.38. The van der Waals surface area contributed by atoms with E-state index in [9.17, 15) is 32.7 Å². The lowest BCUT2D eigenvalue weighted by Gasteiger charge is -2.36. The molecule has 0 unspecified atom stereocenters. The fourth-order valence-corrected chi connectivity index (χ4v) is 3.79. The molecule has 0 radical (unpaired) electrons. The number of carbonyl (C=O) groups excluding carboxylic acids is 2. The summed E-state index contributed by atoms with van der Waals surface area (Å²) in [5, 5.41) is 14.4. The van der Waals surface area contributed by atoms with Crippen LogP contribution in [0.4, 0.5) is 13.2 Å². The van der Waals surface area contributed by atoms with Crippen molar-refractivity contribution >= 4 is 23.7 Å². The minimum Gasteiger partial charge on any atom is -0.478 e. The summed E-state index contributed by atoms with van der Waals surface area (Å²) in [5.41, 5.74) is 4.01. The number of carboxylic acids is 1. The second-order valence-electron chi connectivity index (χ2n) is 8.05. The molecule has 0 aliphatic heterocycles. The molecule has 1 aliphatic carbocycles. The number of nitrogens with two attached hydrogens (primary N) is 1. The number of carbonyl (C=O) groups is 3. The number of hydrogen-bond donors (Lipinski definition) is 4. The second-order valence-corrected chi connectivity index (χ2v) is 8.05. The molecule has 0 spiro atoms. The third-order valence-electron chi connectivity index (χ3n) is 5.49. The van der Waals surface area contributed by atoms with Crippen LogP contribution in [0, 0.1) is 0 Å². The molecule has 1 aromatic carbocycles. The van der Waals surface area contributed by atoms with Crippen molar-refractivity contribution < 1.29 is 37.4 Å². The predicted molar refractivity (Wildman–Crippen MR) is 122 cm³/mol. The minimum absolute atomic E-state index is 0.0298. The van der Waals surface area contributed by atoms with Crippen molar-refractivity contribution in [1.29, 1.82) is 0 Å². The molecule has 0 bridgehead atoms. The van der Waals surface area contributed by atoms with Gasteiger partial charge in [-0.2, -0.15) is 13.2 Å². The molecule has 5 N–H and O–H groups in total. The molecular weight excluding hydrogens is 469 g/mol. The maximum atomic E-state index is 13.3. The van der Waals surface area contributed by atoms with Gasteiger partial charge in [0.1, 0.15) is 0 Å². The molecule has 3 atom stereocenters. The third kappa shape index (κ3) is 7.54. The Morgan fingerprint density at radius 3 is 2.40 bits per heavy atom. The second kappa shape index (κ2) is 11.8. The Morgan fingerprint density at radius 1 is 1.23 bits per heavy atom. The quantitative estimate of drug-likeness (QED) is 0.321. The Labute approximate surface area is 200 Å². The van der Waals surface area contributed by atoms with E-state index < -0.39 is 59.2 Å². The Morgan fingerprint density at radius 2 is 1.86 bits per heavy atom. The van der Waals surface area contributed by atoms with Crippen molar-refractivity contribution in [3.8, 4) is 0 Å². The van der Waals surface area contributed by atoms with Crippen LogP contribution in [0.15, 0.2) is 40.9 Å². The minimum atomic E-state index is -4.76. The summed E-state index contributed by atoms with van der Waals surface area (Å²) < 4.78 is 45.8. The van der Waals surface area contributed by atoms with Gasteiger partial charge in [-0.1, -0.05) is 26.0 Å². The van der Waals surface area contributed by atoms with E-state index in [0.717, 1.165) is 18.2 Å². The average molecular weight is 499 g/mol. The third-order valence-corrected chi connectivity index (χ3v) is 5.49.